The number of aliphatic hydroxyl groups is 2. The third-order valence-corrected chi connectivity index (χ3v) is 7.85. The second-order valence-electron chi connectivity index (χ2n) is 10.2. The number of hydrogen-bond donors (Lipinski definition) is 3. The molecule has 4 rings (SSSR count). The number of H-pyrrole nitrogens is 1. The predicted molar refractivity (Wildman–Crippen MR) is 145 cm³/mol. The Morgan fingerprint density at radius 2 is 1.85 bits per heavy atom. The van der Waals surface area contributed by atoms with Crippen molar-refractivity contribution in [2.75, 3.05) is 47.6 Å². The van der Waals surface area contributed by atoms with E-state index >= 15 is 0 Å². The SMILES string of the molecule is COc1cc(C(C#N)(CCCN2CCC(c3[nH]nc4cc(F)ccc34)CC2)CC(O)CO)cc(OC)c1OC. The van der Waals surface area contributed by atoms with Crippen molar-refractivity contribution in [1.29, 1.82) is 5.26 Å². The third kappa shape index (κ3) is 6.11. The van der Waals surface area contributed by atoms with E-state index in [1.165, 1.54) is 33.5 Å². The lowest BCUT2D eigenvalue weighted by molar-refractivity contribution is 0.0721. The lowest BCUT2D eigenvalue weighted by Gasteiger charge is -2.34. The molecule has 1 aliphatic rings. The Kier molecular flexibility index (Phi) is 9.28. The van der Waals surface area contributed by atoms with E-state index in [1.54, 1.807) is 18.2 Å². The number of fused-ring (bicyclic) bond motifs is 1. The zero-order chi connectivity index (χ0) is 28.0. The Balaban J connectivity index is 1.45. The molecule has 1 aliphatic heterocycles. The number of benzene rings is 2. The second kappa shape index (κ2) is 12.6. The number of aromatic amines is 1. The van der Waals surface area contributed by atoms with E-state index in [1.807, 2.05) is 0 Å². The van der Waals surface area contributed by atoms with Crippen LogP contribution in [0.4, 0.5) is 4.39 Å². The predicted octanol–water partition coefficient (Wildman–Crippen LogP) is 3.89. The van der Waals surface area contributed by atoms with Gasteiger partial charge in [0.2, 0.25) is 5.75 Å². The number of likely N-dealkylation sites (tertiary alicyclic amines) is 1. The van der Waals surface area contributed by atoms with Gasteiger partial charge in [0.25, 0.3) is 0 Å². The summed E-state index contributed by atoms with van der Waals surface area (Å²) >= 11 is 0. The molecule has 1 saturated heterocycles. The lowest BCUT2D eigenvalue weighted by Crippen LogP contribution is -2.36. The molecule has 2 heterocycles. The molecule has 10 heteroatoms. The topological polar surface area (TPSA) is 124 Å². The Labute approximate surface area is 228 Å². The van der Waals surface area contributed by atoms with Crippen molar-refractivity contribution in [1.82, 2.24) is 15.1 Å². The number of rotatable bonds is 12. The van der Waals surface area contributed by atoms with E-state index in [0.29, 0.717) is 40.7 Å². The van der Waals surface area contributed by atoms with Crippen molar-refractivity contribution >= 4 is 10.9 Å². The normalized spacial score (nSPS) is 16.9. The molecule has 210 valence electrons. The zero-order valence-electron chi connectivity index (χ0n) is 22.7. The van der Waals surface area contributed by atoms with Gasteiger partial charge in [-0.15, -0.1) is 0 Å². The van der Waals surface area contributed by atoms with E-state index in [4.69, 9.17) is 14.2 Å². The van der Waals surface area contributed by atoms with Crippen LogP contribution in [-0.4, -0.2) is 79.0 Å². The number of nitriles is 1. The molecule has 0 saturated carbocycles. The second-order valence-corrected chi connectivity index (χ2v) is 10.2. The monoisotopic (exact) mass is 540 g/mol. The largest absolute Gasteiger partial charge is 0.493 e. The van der Waals surface area contributed by atoms with E-state index in [9.17, 15) is 19.9 Å². The molecule has 1 fully saturated rings. The van der Waals surface area contributed by atoms with Crippen molar-refractivity contribution < 1.29 is 28.8 Å². The van der Waals surface area contributed by atoms with Gasteiger partial charge in [-0.25, -0.2) is 4.39 Å². The molecule has 39 heavy (non-hydrogen) atoms. The highest BCUT2D eigenvalue weighted by Crippen LogP contribution is 2.44. The van der Waals surface area contributed by atoms with Crippen molar-refractivity contribution in [2.24, 2.45) is 0 Å². The summed E-state index contributed by atoms with van der Waals surface area (Å²) in [7, 11) is 4.56. The fourth-order valence-electron chi connectivity index (χ4n) is 5.72. The van der Waals surface area contributed by atoms with Gasteiger partial charge in [-0.05, 0) is 81.6 Å². The van der Waals surface area contributed by atoms with E-state index < -0.39 is 18.1 Å². The van der Waals surface area contributed by atoms with Crippen LogP contribution in [0.2, 0.25) is 0 Å². The quantitative estimate of drug-likeness (QED) is 0.316. The van der Waals surface area contributed by atoms with Crippen molar-refractivity contribution in [3.63, 3.8) is 0 Å². The van der Waals surface area contributed by atoms with Gasteiger partial charge in [0, 0.05) is 23.1 Å². The minimum absolute atomic E-state index is 0.0776. The molecule has 9 nitrogen and oxygen atoms in total. The Hall–Kier alpha value is -3.39. The number of nitrogens with one attached hydrogen (secondary N) is 1. The first-order valence-corrected chi connectivity index (χ1v) is 13.2. The van der Waals surface area contributed by atoms with E-state index in [2.05, 4.69) is 21.2 Å². The first kappa shape index (κ1) is 28.6. The molecule has 2 unspecified atom stereocenters. The van der Waals surface area contributed by atoms with Gasteiger partial charge in [-0.3, -0.25) is 5.10 Å². The molecule has 1 aromatic heterocycles. The smallest absolute Gasteiger partial charge is 0.203 e. The minimum atomic E-state index is -1.06. The molecular formula is C29H37FN4O5. The van der Waals surface area contributed by atoms with Crippen molar-refractivity contribution in [2.45, 2.75) is 49.5 Å². The molecular weight excluding hydrogens is 503 g/mol. The fraction of sp³-hybridized carbons (Fsp3) is 0.517. The summed E-state index contributed by atoms with van der Waals surface area (Å²) < 4.78 is 30.0. The number of aromatic nitrogens is 2. The number of aliphatic hydroxyl groups excluding tert-OH is 2. The van der Waals surface area contributed by atoms with Crippen LogP contribution in [0.5, 0.6) is 17.2 Å². The van der Waals surface area contributed by atoms with Crippen LogP contribution in [0.3, 0.4) is 0 Å². The summed E-state index contributed by atoms with van der Waals surface area (Å²) in [5, 5.41) is 38.7. The number of halogens is 1. The number of piperidine rings is 1. The van der Waals surface area contributed by atoms with Gasteiger partial charge in [0.15, 0.2) is 11.5 Å². The molecule has 2 aromatic carbocycles. The average molecular weight is 541 g/mol. The molecule has 0 radical (unpaired) electrons. The first-order valence-electron chi connectivity index (χ1n) is 13.2. The number of nitrogens with zero attached hydrogens (tertiary/aromatic N) is 3. The maximum atomic E-state index is 13.6. The van der Waals surface area contributed by atoms with Crippen molar-refractivity contribution in [3.8, 4) is 23.3 Å². The van der Waals surface area contributed by atoms with Crippen LogP contribution in [0.25, 0.3) is 10.9 Å². The number of hydrogen-bond acceptors (Lipinski definition) is 8. The number of methoxy groups -OCH3 is 3. The third-order valence-electron chi connectivity index (χ3n) is 7.85. The highest BCUT2D eigenvalue weighted by Gasteiger charge is 2.36. The van der Waals surface area contributed by atoms with Gasteiger partial charge >= 0.3 is 0 Å². The van der Waals surface area contributed by atoms with Crippen LogP contribution in [0.15, 0.2) is 30.3 Å². The van der Waals surface area contributed by atoms with Gasteiger partial charge in [0.1, 0.15) is 5.82 Å². The van der Waals surface area contributed by atoms with Crippen LogP contribution in [0.1, 0.15) is 49.3 Å². The van der Waals surface area contributed by atoms with E-state index in [0.717, 1.165) is 50.0 Å². The van der Waals surface area contributed by atoms with Gasteiger partial charge in [0.05, 0.1) is 51.0 Å². The number of ether oxygens (including phenoxy) is 3. The summed E-state index contributed by atoms with van der Waals surface area (Å²) in [6.07, 6.45) is 2.14. The van der Waals surface area contributed by atoms with Crippen LogP contribution in [-0.2, 0) is 5.41 Å². The molecule has 0 aliphatic carbocycles. The van der Waals surface area contributed by atoms with Crippen molar-refractivity contribution in [3.05, 3.63) is 47.4 Å². The average Bonchev–Trinajstić information content (AvgIpc) is 3.38. The molecule has 3 aromatic rings. The summed E-state index contributed by atoms with van der Waals surface area (Å²) in [6, 6.07) is 10.7. The zero-order valence-corrected chi connectivity index (χ0v) is 22.7. The first-order chi connectivity index (χ1) is 18.9. The standard InChI is InChI=1S/C29H37FN4O5/c1-37-25-13-20(14-26(38-2)28(25)39-3)29(18-31,16-22(36)17-35)9-4-10-34-11-7-19(8-12-34)27-23-6-5-21(30)15-24(23)32-33-27/h5-6,13-15,19,22,35-36H,4,7-12,16-17H2,1-3H3,(H,32,33). The van der Waals surface area contributed by atoms with Gasteiger partial charge in [-0.1, -0.05) is 0 Å². The van der Waals surface area contributed by atoms with Crippen LogP contribution in [0, 0.1) is 17.1 Å². The highest BCUT2D eigenvalue weighted by atomic mass is 19.1. The Morgan fingerprint density at radius 1 is 1.15 bits per heavy atom. The molecule has 0 bridgehead atoms. The maximum Gasteiger partial charge on any atom is 0.203 e. The van der Waals surface area contributed by atoms with Crippen LogP contribution >= 0.6 is 0 Å². The highest BCUT2D eigenvalue weighted by molar-refractivity contribution is 5.81. The molecule has 0 spiro atoms. The van der Waals surface area contributed by atoms with Crippen LogP contribution < -0.4 is 14.2 Å². The maximum absolute atomic E-state index is 13.6. The summed E-state index contributed by atoms with van der Waals surface area (Å²) in [4.78, 5) is 2.38. The fourth-order valence-corrected chi connectivity index (χ4v) is 5.72. The van der Waals surface area contributed by atoms with E-state index in [-0.39, 0.29) is 12.2 Å². The molecule has 0 amide bonds. The Morgan fingerprint density at radius 3 is 2.44 bits per heavy atom. The van der Waals surface area contributed by atoms with Gasteiger partial charge < -0.3 is 29.3 Å². The lowest BCUT2D eigenvalue weighted by atomic mass is 9.73. The summed E-state index contributed by atoms with van der Waals surface area (Å²) in [5.41, 5.74) is 1.30. The molecule has 2 atom stereocenters. The summed E-state index contributed by atoms with van der Waals surface area (Å²) in [5.74, 6) is 1.33. The minimum Gasteiger partial charge on any atom is -0.493 e. The van der Waals surface area contributed by atoms with Gasteiger partial charge in [-0.2, -0.15) is 10.4 Å². The Bertz CT molecular complexity index is 1280. The molecule has 3 N–H and O–H groups in total. The summed E-state index contributed by atoms with van der Waals surface area (Å²) in [6.45, 7) is 2.16.